The molecule has 2 heterocycles. The van der Waals surface area contributed by atoms with Crippen molar-refractivity contribution in [2.24, 2.45) is 10.4 Å². The van der Waals surface area contributed by atoms with Gasteiger partial charge in [0.05, 0.1) is 37.0 Å². The van der Waals surface area contributed by atoms with Gasteiger partial charge in [0.1, 0.15) is 17.7 Å². The molecule has 1 N–H and O–H groups in total. The molecule has 1 fully saturated rings. The zero-order chi connectivity index (χ0) is 26.1. The third kappa shape index (κ3) is 5.35. The highest BCUT2D eigenvalue weighted by atomic mass is 19.4. The number of ether oxygens (including phenoxy) is 3. The molecule has 1 aliphatic carbocycles. The summed E-state index contributed by atoms with van der Waals surface area (Å²) in [6.07, 6.45) is -2.63. The summed E-state index contributed by atoms with van der Waals surface area (Å²) < 4.78 is 57.1. The molecule has 0 bridgehead atoms. The van der Waals surface area contributed by atoms with Crippen LogP contribution in [-0.4, -0.2) is 48.6 Å². The molecule has 1 atom stereocenters. The summed E-state index contributed by atoms with van der Waals surface area (Å²) >= 11 is 0. The quantitative estimate of drug-likeness (QED) is 0.366. The molecular weight excluding hydrogens is 475 g/mol. The molecule has 0 saturated heterocycles. The monoisotopic (exact) mass is 503 g/mol. The van der Waals surface area contributed by atoms with Crippen LogP contribution < -0.4 is 14.8 Å². The van der Waals surface area contributed by atoms with Crippen LogP contribution in [0.1, 0.15) is 36.8 Å². The first-order valence-electron chi connectivity index (χ1n) is 11.4. The number of aromatic nitrogens is 3. The number of aryl methyl sites for hydroxylation is 1. The predicted octanol–water partition coefficient (Wildman–Crippen LogP) is 5.50. The van der Waals surface area contributed by atoms with Gasteiger partial charge in [0, 0.05) is 24.0 Å². The Hall–Kier alpha value is -3.47. The Labute approximate surface area is 206 Å². The van der Waals surface area contributed by atoms with Crippen LogP contribution in [0.25, 0.3) is 10.9 Å². The summed E-state index contributed by atoms with van der Waals surface area (Å²) in [7, 11) is 3.23. The normalized spacial score (nSPS) is 15.4. The zero-order valence-corrected chi connectivity index (χ0v) is 20.6. The van der Waals surface area contributed by atoms with Crippen molar-refractivity contribution >= 4 is 29.3 Å². The fourth-order valence-corrected chi connectivity index (χ4v) is 4.15. The molecule has 1 aromatic carbocycles. The van der Waals surface area contributed by atoms with Crippen LogP contribution in [0.2, 0.25) is 0 Å². The van der Waals surface area contributed by atoms with E-state index in [9.17, 15) is 13.2 Å². The lowest BCUT2D eigenvalue weighted by atomic mass is 10.0. The molecule has 0 spiro atoms. The van der Waals surface area contributed by atoms with Crippen molar-refractivity contribution in [1.29, 1.82) is 0 Å². The van der Waals surface area contributed by atoms with Gasteiger partial charge in [-0.3, -0.25) is 0 Å². The van der Waals surface area contributed by atoms with E-state index in [1.165, 1.54) is 0 Å². The molecule has 192 valence electrons. The van der Waals surface area contributed by atoms with Crippen LogP contribution >= 0.6 is 0 Å². The number of fused-ring (bicyclic) bond motifs is 1. The number of hydrogen-bond donors (Lipinski definition) is 1. The molecule has 3 aromatic rings. The van der Waals surface area contributed by atoms with E-state index >= 15 is 0 Å². The Bertz CT molecular complexity index is 1280. The zero-order valence-electron chi connectivity index (χ0n) is 20.6. The lowest BCUT2D eigenvalue weighted by Gasteiger charge is -2.25. The fourth-order valence-electron chi connectivity index (χ4n) is 4.15. The first-order valence-corrected chi connectivity index (χ1v) is 11.4. The summed E-state index contributed by atoms with van der Waals surface area (Å²) in [6.45, 7) is 7.61. The molecule has 1 aliphatic rings. The molecule has 1 saturated carbocycles. The van der Waals surface area contributed by atoms with Crippen molar-refractivity contribution in [3.05, 3.63) is 41.3 Å². The van der Waals surface area contributed by atoms with Crippen LogP contribution in [0.5, 0.6) is 11.5 Å². The fraction of sp³-hybridized carbons (Fsp3) is 0.440. The van der Waals surface area contributed by atoms with Crippen molar-refractivity contribution in [2.75, 3.05) is 26.1 Å². The average molecular weight is 504 g/mol. The van der Waals surface area contributed by atoms with Crippen molar-refractivity contribution in [3.8, 4) is 11.5 Å². The van der Waals surface area contributed by atoms with Gasteiger partial charge in [-0.25, -0.2) is 19.9 Å². The molecule has 0 amide bonds. The van der Waals surface area contributed by atoms with Gasteiger partial charge in [-0.1, -0.05) is 0 Å². The first-order chi connectivity index (χ1) is 17.1. The van der Waals surface area contributed by atoms with E-state index in [2.05, 4.69) is 32.0 Å². The number of methoxy groups -OCH3 is 2. The average Bonchev–Trinajstić information content (AvgIpc) is 3.62. The summed E-state index contributed by atoms with van der Waals surface area (Å²) in [5, 5.41) is 3.73. The molecule has 8 nitrogen and oxygen atoms in total. The van der Waals surface area contributed by atoms with Crippen molar-refractivity contribution in [1.82, 2.24) is 15.0 Å². The van der Waals surface area contributed by atoms with E-state index in [1.54, 1.807) is 33.3 Å². The second-order valence-electron chi connectivity index (χ2n) is 8.91. The van der Waals surface area contributed by atoms with Crippen LogP contribution in [0.15, 0.2) is 29.3 Å². The number of pyridine rings is 1. The highest BCUT2D eigenvalue weighted by Crippen LogP contribution is 2.51. The minimum Gasteiger partial charge on any atom is -0.493 e. The smallest absolute Gasteiger partial charge is 0.416 e. The molecule has 4 rings (SSSR count). The Balaban J connectivity index is 1.67. The highest BCUT2D eigenvalue weighted by molar-refractivity contribution is 5.91. The number of nitrogens with zero attached hydrogens (tertiary/aromatic N) is 4. The third-order valence-corrected chi connectivity index (χ3v) is 6.37. The lowest BCUT2D eigenvalue weighted by Crippen LogP contribution is -2.29. The SMILES string of the molecule is C=Nc1cc(C(F)(F)F)cc(CNc2nc(C)nc3cc(OC)c(OC(C)C4(COC)CC4)cc23)n1. The number of rotatable bonds is 10. The van der Waals surface area contributed by atoms with E-state index in [1.807, 2.05) is 6.92 Å². The molecule has 0 aliphatic heterocycles. The van der Waals surface area contributed by atoms with E-state index in [4.69, 9.17) is 14.2 Å². The first kappa shape index (κ1) is 25.6. The van der Waals surface area contributed by atoms with Crippen LogP contribution in [0.4, 0.5) is 24.8 Å². The Morgan fingerprint density at radius 3 is 2.47 bits per heavy atom. The number of alkyl halides is 3. The van der Waals surface area contributed by atoms with Gasteiger partial charge in [-0.15, -0.1) is 0 Å². The number of nitrogens with one attached hydrogen (secondary N) is 1. The van der Waals surface area contributed by atoms with Gasteiger partial charge >= 0.3 is 6.18 Å². The number of anilines is 1. The summed E-state index contributed by atoms with van der Waals surface area (Å²) in [5.41, 5.74) is -0.137. The van der Waals surface area contributed by atoms with Crippen molar-refractivity contribution in [2.45, 2.75) is 45.5 Å². The minimum atomic E-state index is -4.53. The van der Waals surface area contributed by atoms with E-state index in [0.717, 1.165) is 25.0 Å². The van der Waals surface area contributed by atoms with Crippen molar-refractivity contribution in [3.63, 3.8) is 0 Å². The third-order valence-electron chi connectivity index (χ3n) is 6.37. The molecule has 1 unspecified atom stereocenters. The standard InChI is InChI=1S/C25H28F3N5O3/c1-14(24(6-7-24)13-34-4)36-21-10-18-19(11-20(21)35-5)31-15(2)32-23(18)30-12-17-8-16(25(26,27)28)9-22(29-3)33-17/h8-11,14H,3,6-7,12-13H2,1-2,4-5H3,(H,30,31,32). The van der Waals surface area contributed by atoms with Gasteiger partial charge in [0.2, 0.25) is 0 Å². The number of aliphatic imine (C=N–C) groups is 1. The van der Waals surface area contributed by atoms with Gasteiger partial charge in [-0.05, 0) is 51.6 Å². The maximum absolute atomic E-state index is 13.3. The van der Waals surface area contributed by atoms with E-state index in [-0.39, 0.29) is 29.6 Å². The second-order valence-corrected chi connectivity index (χ2v) is 8.91. The van der Waals surface area contributed by atoms with E-state index in [0.29, 0.717) is 40.7 Å². The second kappa shape index (κ2) is 9.88. The summed E-state index contributed by atoms with van der Waals surface area (Å²) in [6, 6.07) is 5.37. The van der Waals surface area contributed by atoms with Crippen molar-refractivity contribution < 1.29 is 27.4 Å². The van der Waals surface area contributed by atoms with Crippen LogP contribution in [0, 0.1) is 12.3 Å². The molecule has 36 heavy (non-hydrogen) atoms. The van der Waals surface area contributed by atoms with Gasteiger partial charge < -0.3 is 19.5 Å². The Kier molecular flexibility index (Phi) is 7.03. The number of halogens is 3. The van der Waals surface area contributed by atoms with Gasteiger partial charge in [-0.2, -0.15) is 13.2 Å². The Morgan fingerprint density at radius 2 is 1.86 bits per heavy atom. The maximum atomic E-state index is 13.3. The maximum Gasteiger partial charge on any atom is 0.416 e. The molecule has 2 aromatic heterocycles. The van der Waals surface area contributed by atoms with E-state index < -0.39 is 11.7 Å². The topological polar surface area (TPSA) is 90.8 Å². The predicted molar refractivity (Wildman–Crippen MR) is 130 cm³/mol. The number of benzene rings is 1. The summed E-state index contributed by atoms with van der Waals surface area (Å²) in [5.74, 6) is 1.85. The van der Waals surface area contributed by atoms with Gasteiger partial charge in [0.15, 0.2) is 17.3 Å². The largest absolute Gasteiger partial charge is 0.493 e. The number of hydrogen-bond acceptors (Lipinski definition) is 8. The van der Waals surface area contributed by atoms with Gasteiger partial charge in [0.25, 0.3) is 0 Å². The lowest BCUT2D eigenvalue weighted by molar-refractivity contribution is -0.137. The molecule has 11 heteroatoms. The minimum absolute atomic E-state index is 0.0203. The van der Waals surface area contributed by atoms with Crippen LogP contribution in [0.3, 0.4) is 0 Å². The molecular formula is C25H28F3N5O3. The molecule has 0 radical (unpaired) electrons. The Morgan fingerprint density at radius 1 is 1.11 bits per heavy atom. The summed E-state index contributed by atoms with van der Waals surface area (Å²) in [4.78, 5) is 16.7. The van der Waals surface area contributed by atoms with Crippen LogP contribution in [-0.2, 0) is 17.5 Å². The highest BCUT2D eigenvalue weighted by Gasteiger charge is 2.49.